The summed E-state index contributed by atoms with van der Waals surface area (Å²) in [5.41, 5.74) is -1.17. The Bertz CT molecular complexity index is 382. The van der Waals surface area contributed by atoms with Crippen molar-refractivity contribution in [2.45, 2.75) is 31.9 Å². The number of aliphatic hydroxyl groups is 1. The van der Waals surface area contributed by atoms with Gasteiger partial charge in [-0.15, -0.1) is 18.3 Å². The van der Waals surface area contributed by atoms with Crippen molar-refractivity contribution in [2.75, 3.05) is 0 Å². The second kappa shape index (κ2) is 6.16. The second-order valence-electron chi connectivity index (χ2n) is 3.88. The van der Waals surface area contributed by atoms with E-state index in [-0.39, 0.29) is 35.3 Å². The Balaban J connectivity index is 0.00000289. The van der Waals surface area contributed by atoms with Crippen LogP contribution in [-0.2, 0) is 5.41 Å². The summed E-state index contributed by atoms with van der Waals surface area (Å²) in [5, 5.41) is 26.5. The quantitative estimate of drug-likeness (QED) is 0.480. The monoisotopic (exact) mass is 274 g/mol. The number of aromatic nitrogens is 2. The molecule has 1 N–H and O–H groups in total. The minimum Gasteiger partial charge on any atom is -0.831 e. The standard InChI is InChI=1S/C9H10F3N2O3.Na/c1-8(2,7(15)16)5-3-4-6(14-13-5)17-9(10,11)12;/h3-4,7,15H,1-2H3;/q-1;+1. The number of hydrogen-bond donors (Lipinski definition) is 1. The van der Waals surface area contributed by atoms with Crippen LogP contribution in [0.25, 0.3) is 0 Å². The average Bonchev–Trinajstić information content (AvgIpc) is 2.15. The largest absolute Gasteiger partial charge is 1.00 e. The van der Waals surface area contributed by atoms with Gasteiger partial charge in [-0.3, -0.25) is 0 Å². The number of hydrogen-bond acceptors (Lipinski definition) is 5. The van der Waals surface area contributed by atoms with E-state index in [0.717, 1.165) is 12.1 Å². The number of aliphatic hydroxyl groups excluding tert-OH is 1. The van der Waals surface area contributed by atoms with E-state index in [9.17, 15) is 18.3 Å². The molecule has 0 aliphatic rings. The van der Waals surface area contributed by atoms with Gasteiger partial charge in [-0.05, 0) is 12.4 Å². The molecule has 0 aromatic carbocycles. The summed E-state index contributed by atoms with van der Waals surface area (Å²) in [5.74, 6) is -0.725. The molecular weight excluding hydrogens is 264 g/mol. The fourth-order valence-electron chi connectivity index (χ4n) is 0.963. The van der Waals surface area contributed by atoms with Crippen molar-refractivity contribution in [1.29, 1.82) is 0 Å². The maximum Gasteiger partial charge on any atom is 1.00 e. The molecule has 0 fully saturated rings. The Labute approximate surface area is 123 Å². The summed E-state index contributed by atoms with van der Waals surface area (Å²) in [6.07, 6.45) is -6.80. The Morgan fingerprint density at radius 3 is 2.17 bits per heavy atom. The zero-order valence-electron chi connectivity index (χ0n) is 10.0. The van der Waals surface area contributed by atoms with Gasteiger partial charge in [-0.2, -0.15) is 5.10 Å². The van der Waals surface area contributed by atoms with Crippen molar-refractivity contribution in [1.82, 2.24) is 10.2 Å². The summed E-state index contributed by atoms with van der Waals surface area (Å²) < 4.78 is 39.0. The van der Waals surface area contributed by atoms with E-state index in [1.54, 1.807) is 0 Å². The van der Waals surface area contributed by atoms with Crippen molar-refractivity contribution in [3.63, 3.8) is 0 Å². The molecule has 9 heteroatoms. The molecule has 0 saturated heterocycles. The van der Waals surface area contributed by atoms with Crippen LogP contribution >= 0.6 is 0 Å². The molecule has 0 saturated carbocycles. The minimum absolute atomic E-state index is 0. The molecule has 1 atom stereocenters. The Morgan fingerprint density at radius 2 is 1.83 bits per heavy atom. The van der Waals surface area contributed by atoms with Crippen LogP contribution in [0, 0.1) is 0 Å². The molecule has 1 rings (SSSR count). The molecule has 0 bridgehead atoms. The van der Waals surface area contributed by atoms with E-state index >= 15 is 0 Å². The second-order valence-corrected chi connectivity index (χ2v) is 3.88. The molecule has 0 aliphatic carbocycles. The average molecular weight is 274 g/mol. The number of rotatable bonds is 3. The minimum atomic E-state index is -4.84. The molecule has 1 aromatic heterocycles. The fourth-order valence-corrected chi connectivity index (χ4v) is 0.963. The van der Waals surface area contributed by atoms with Gasteiger partial charge in [0.2, 0.25) is 5.88 Å². The summed E-state index contributed by atoms with van der Waals surface area (Å²) >= 11 is 0. The Kier molecular flexibility index (Phi) is 6.02. The molecule has 18 heavy (non-hydrogen) atoms. The summed E-state index contributed by atoms with van der Waals surface area (Å²) in [7, 11) is 0. The van der Waals surface area contributed by atoms with E-state index in [4.69, 9.17) is 5.11 Å². The molecule has 0 aliphatic heterocycles. The van der Waals surface area contributed by atoms with Crippen molar-refractivity contribution < 1.29 is 57.7 Å². The molecular formula is C9H10F3N2NaO3. The SMILES string of the molecule is CC(C)(c1ccc(OC(F)(F)F)nn1)C([O-])O.[Na+]. The zero-order chi connectivity index (χ0) is 13.3. The molecule has 1 heterocycles. The summed E-state index contributed by atoms with van der Waals surface area (Å²) in [6.45, 7) is 2.80. The number of nitrogens with zero attached hydrogens (tertiary/aromatic N) is 2. The van der Waals surface area contributed by atoms with E-state index in [0.29, 0.717) is 0 Å². The van der Waals surface area contributed by atoms with Crippen molar-refractivity contribution in [2.24, 2.45) is 0 Å². The van der Waals surface area contributed by atoms with E-state index in [1.165, 1.54) is 13.8 Å². The molecule has 1 aromatic rings. The van der Waals surface area contributed by atoms with Gasteiger partial charge in [0.1, 0.15) is 0 Å². The van der Waals surface area contributed by atoms with Crippen LogP contribution < -0.4 is 39.4 Å². The molecule has 0 spiro atoms. The van der Waals surface area contributed by atoms with Crippen LogP contribution in [0.1, 0.15) is 19.5 Å². The fraction of sp³-hybridized carbons (Fsp3) is 0.556. The van der Waals surface area contributed by atoms with Crippen molar-refractivity contribution in [3.8, 4) is 5.88 Å². The van der Waals surface area contributed by atoms with Gasteiger partial charge in [0.05, 0.1) is 5.69 Å². The first-order chi connectivity index (χ1) is 7.63. The summed E-state index contributed by atoms with van der Waals surface area (Å²) in [6, 6.07) is 2.08. The van der Waals surface area contributed by atoms with Gasteiger partial charge >= 0.3 is 35.9 Å². The predicted octanol–water partition coefficient (Wildman–Crippen LogP) is -2.66. The van der Waals surface area contributed by atoms with E-state index < -0.39 is 23.9 Å². The Hall–Kier alpha value is -0.410. The maximum atomic E-state index is 11.8. The first kappa shape index (κ1) is 17.6. The third kappa shape index (κ3) is 4.69. The summed E-state index contributed by atoms with van der Waals surface area (Å²) in [4.78, 5) is 0. The smallest absolute Gasteiger partial charge is 0.831 e. The number of halogens is 3. The van der Waals surface area contributed by atoms with Crippen LogP contribution in [0.2, 0.25) is 0 Å². The van der Waals surface area contributed by atoms with Crippen molar-refractivity contribution >= 4 is 0 Å². The normalized spacial score (nSPS) is 13.7. The zero-order valence-corrected chi connectivity index (χ0v) is 12.0. The maximum absolute atomic E-state index is 11.8. The topological polar surface area (TPSA) is 78.3 Å². The van der Waals surface area contributed by atoms with Gasteiger partial charge in [-0.25, -0.2) is 0 Å². The van der Waals surface area contributed by atoms with Gasteiger partial charge in [0.15, 0.2) is 0 Å². The third-order valence-electron chi connectivity index (χ3n) is 2.14. The van der Waals surface area contributed by atoms with Crippen LogP contribution in [-0.4, -0.2) is 28.0 Å². The van der Waals surface area contributed by atoms with Crippen LogP contribution in [0.15, 0.2) is 12.1 Å². The molecule has 1 unspecified atom stereocenters. The first-order valence-corrected chi connectivity index (χ1v) is 4.57. The van der Waals surface area contributed by atoms with Crippen LogP contribution in [0.5, 0.6) is 5.88 Å². The number of ether oxygens (including phenoxy) is 1. The van der Waals surface area contributed by atoms with Gasteiger partial charge < -0.3 is 14.9 Å². The van der Waals surface area contributed by atoms with E-state index in [1.807, 2.05) is 0 Å². The van der Waals surface area contributed by atoms with Gasteiger partial charge in [0, 0.05) is 11.5 Å². The molecule has 96 valence electrons. The third-order valence-corrected chi connectivity index (χ3v) is 2.14. The van der Waals surface area contributed by atoms with Gasteiger partial charge in [-0.1, -0.05) is 13.8 Å². The van der Waals surface area contributed by atoms with Crippen LogP contribution in [0.3, 0.4) is 0 Å². The van der Waals surface area contributed by atoms with E-state index in [2.05, 4.69) is 14.9 Å². The number of alkyl halides is 3. The molecule has 0 amide bonds. The first-order valence-electron chi connectivity index (χ1n) is 4.57. The van der Waals surface area contributed by atoms with Crippen LogP contribution in [0.4, 0.5) is 13.2 Å². The Morgan fingerprint density at radius 1 is 1.28 bits per heavy atom. The molecule has 5 nitrogen and oxygen atoms in total. The van der Waals surface area contributed by atoms with Gasteiger partial charge in [0.25, 0.3) is 0 Å². The molecule has 0 radical (unpaired) electrons. The van der Waals surface area contributed by atoms with Crippen molar-refractivity contribution in [3.05, 3.63) is 17.8 Å². The predicted molar refractivity (Wildman–Crippen MR) is 47.7 cm³/mol.